The summed E-state index contributed by atoms with van der Waals surface area (Å²) in [6.07, 6.45) is 15.5. The van der Waals surface area contributed by atoms with Crippen LogP contribution in [0.5, 0.6) is 0 Å². The molecule has 17 nitrogen and oxygen atoms in total. The number of hydrogen-bond donors (Lipinski definition) is 3. The maximum atomic E-state index is 13.6. The normalized spacial score (nSPS) is 28.7. The highest BCUT2D eigenvalue weighted by Gasteiger charge is 2.37. The Morgan fingerprint density at radius 2 is 1.60 bits per heavy atom. The van der Waals surface area contributed by atoms with Crippen LogP contribution in [0.4, 0.5) is 0 Å². The number of likely N-dealkylation sites (N-methyl/N-ethyl adjacent to an activating group) is 2. The lowest BCUT2D eigenvalue weighted by atomic mass is 9.82. The molecule has 1 aliphatic rings. The zero-order valence-corrected chi connectivity index (χ0v) is 48.6. The van der Waals surface area contributed by atoms with Crippen molar-refractivity contribution in [3.8, 4) is 0 Å². The number of nitrogens with zero attached hydrogens (tertiary/aromatic N) is 2. The first-order valence-corrected chi connectivity index (χ1v) is 26.9. The minimum absolute atomic E-state index is 0.104. The number of ether oxygens (including phenoxy) is 7. The fourth-order valence-corrected chi connectivity index (χ4v) is 9.24. The molecule has 1 aliphatic heterocycles. The van der Waals surface area contributed by atoms with Crippen molar-refractivity contribution >= 4 is 30.3 Å². The molecule has 0 aromatic carbocycles. The van der Waals surface area contributed by atoms with E-state index in [1.54, 1.807) is 84.7 Å². The van der Waals surface area contributed by atoms with Crippen LogP contribution in [0.2, 0.25) is 0 Å². The van der Waals surface area contributed by atoms with Crippen LogP contribution in [0.15, 0.2) is 60.4 Å². The molecule has 0 aromatic heterocycles. The molecule has 0 aliphatic carbocycles. The summed E-state index contributed by atoms with van der Waals surface area (Å²) < 4.78 is 41.2. The van der Waals surface area contributed by atoms with Crippen LogP contribution in [0.25, 0.3) is 0 Å². The Hall–Kier alpha value is -4.23. The fourth-order valence-electron chi connectivity index (χ4n) is 9.24. The predicted octanol–water partition coefficient (Wildman–Crippen LogP) is 7.39. The fraction of sp³-hybridized carbons (Fsp3) is 0.741. The third-order valence-corrected chi connectivity index (χ3v) is 14.9. The van der Waals surface area contributed by atoms with Gasteiger partial charge >= 0.3 is 23.9 Å². The Kier molecular flexibility index (Phi) is 33.7. The van der Waals surface area contributed by atoms with Gasteiger partial charge in [0.2, 0.25) is 6.41 Å². The molecule has 0 spiro atoms. The van der Waals surface area contributed by atoms with Crippen LogP contribution in [-0.4, -0.2) is 167 Å². The third-order valence-electron chi connectivity index (χ3n) is 14.9. The average Bonchev–Trinajstić information content (AvgIpc) is 3.38. The second-order valence-corrected chi connectivity index (χ2v) is 21.3. The van der Waals surface area contributed by atoms with Crippen LogP contribution in [-0.2, 0) is 57.1 Å². The summed E-state index contributed by atoms with van der Waals surface area (Å²) in [7, 11) is 11.7. The average molecular weight is 1060 g/mol. The van der Waals surface area contributed by atoms with E-state index >= 15 is 0 Å². The number of amides is 1. The minimum Gasteiger partial charge on any atom is -0.462 e. The molecule has 0 saturated carbocycles. The van der Waals surface area contributed by atoms with E-state index in [-0.39, 0.29) is 55.3 Å². The summed E-state index contributed by atoms with van der Waals surface area (Å²) in [6.45, 7) is 18.7. The zero-order valence-electron chi connectivity index (χ0n) is 48.6. The summed E-state index contributed by atoms with van der Waals surface area (Å²) in [5, 5.41) is 26.6. The number of carbonyl (C=O) groups is 5. The number of cyclic esters (lactones) is 1. The highest BCUT2D eigenvalue weighted by atomic mass is 16.6. The van der Waals surface area contributed by atoms with Crippen LogP contribution in [0, 0.1) is 41.4 Å². The van der Waals surface area contributed by atoms with E-state index in [0.717, 1.165) is 18.4 Å². The van der Waals surface area contributed by atoms with Crippen LogP contribution < -0.4 is 5.32 Å². The molecule has 17 heteroatoms. The molecule has 0 saturated heterocycles. The smallest absolute Gasteiger partial charge is 0.331 e. The van der Waals surface area contributed by atoms with Gasteiger partial charge in [-0.3, -0.25) is 24.1 Å². The summed E-state index contributed by atoms with van der Waals surface area (Å²) in [4.78, 5) is 67.2. The molecular formula is C58H99N3O14. The number of aliphatic hydroxyl groups is 2. The van der Waals surface area contributed by atoms with Crippen LogP contribution in [0.1, 0.15) is 121 Å². The van der Waals surface area contributed by atoms with E-state index in [9.17, 15) is 34.2 Å². The number of carbonyl (C=O) groups excluding carboxylic acids is 5. The molecule has 1 amide bonds. The van der Waals surface area contributed by atoms with E-state index < -0.39 is 90.3 Å². The molecule has 1 rings (SSSR count). The standard InChI is InChI=1S/C58H99N3O14/c1-37-26-27-38(2)49(71-17)30-28-39(3)55(66)43(7)51(75-58(68)48(59-11)35-69-15)23-19-18-20-25-53(64)73-50(24-21-22-47(34-37)70-16)42(6)54(65)40(4)29-31-52(74-57(67)45(9)60(12)13)44(8)56(72-46(10)63)41(5)32-33-61(14)36-62/h18-22,25,27,32-33,36-37,39-45,47-52,54-56,59,65-66H,23-24,26,28-31,34-35H2,1-17H3/b19-18+,22-21+,25-20+,33-32+,38-27+/t37-,39-,40+,41-,42-,43-,44+,45?,47+,48?,49+,50+,51-,52-,54?,55-,56-/m1/s1. The van der Waals surface area contributed by atoms with Gasteiger partial charge in [-0.05, 0) is 96.8 Å². The number of allylic oxidation sites excluding steroid dienone is 3. The van der Waals surface area contributed by atoms with E-state index in [1.807, 2.05) is 53.7 Å². The Bertz CT molecular complexity index is 1840. The van der Waals surface area contributed by atoms with Crippen molar-refractivity contribution in [2.75, 3.05) is 56.1 Å². The zero-order chi connectivity index (χ0) is 56.9. The van der Waals surface area contributed by atoms with Gasteiger partial charge in [0, 0.05) is 84.1 Å². The van der Waals surface area contributed by atoms with Gasteiger partial charge in [0.1, 0.15) is 36.5 Å². The Balaban J connectivity index is 3.68. The number of rotatable bonds is 23. The third kappa shape index (κ3) is 25.2. The van der Waals surface area contributed by atoms with Gasteiger partial charge in [0.05, 0.1) is 31.0 Å². The minimum atomic E-state index is -0.973. The summed E-state index contributed by atoms with van der Waals surface area (Å²) in [5.74, 6) is -4.24. The first-order chi connectivity index (χ1) is 35.4. The first kappa shape index (κ1) is 68.8. The Morgan fingerprint density at radius 1 is 0.920 bits per heavy atom. The number of aliphatic hydroxyl groups excluding tert-OH is 2. The molecule has 430 valence electrons. The highest BCUT2D eigenvalue weighted by molar-refractivity contribution is 5.82. The maximum absolute atomic E-state index is 13.6. The number of esters is 4. The number of nitrogens with one attached hydrogen (secondary N) is 1. The molecule has 0 aromatic rings. The van der Waals surface area contributed by atoms with E-state index in [0.29, 0.717) is 32.1 Å². The predicted molar refractivity (Wildman–Crippen MR) is 292 cm³/mol. The number of hydrogen-bond acceptors (Lipinski definition) is 16. The second-order valence-electron chi connectivity index (χ2n) is 21.3. The van der Waals surface area contributed by atoms with Gasteiger partial charge in [-0.2, -0.15) is 0 Å². The van der Waals surface area contributed by atoms with Crippen molar-refractivity contribution in [3.63, 3.8) is 0 Å². The Labute approximate surface area is 450 Å². The monoisotopic (exact) mass is 1060 g/mol. The van der Waals surface area contributed by atoms with Crippen molar-refractivity contribution < 1.29 is 67.3 Å². The molecule has 0 radical (unpaired) electrons. The van der Waals surface area contributed by atoms with Crippen molar-refractivity contribution in [2.45, 2.75) is 182 Å². The summed E-state index contributed by atoms with van der Waals surface area (Å²) in [5.41, 5.74) is 1.10. The van der Waals surface area contributed by atoms with Crippen LogP contribution in [0.3, 0.4) is 0 Å². The van der Waals surface area contributed by atoms with Gasteiger partial charge in [-0.1, -0.05) is 91.0 Å². The molecule has 3 unspecified atom stereocenters. The topological polar surface area (TPSA) is 209 Å². The van der Waals surface area contributed by atoms with Gasteiger partial charge in [-0.25, -0.2) is 4.79 Å². The SMILES string of the molecule is CNC(COC)C(=O)O[C@@H]1C/C=C/C=C/C(=O)O[C@H]([C@@H](C)C(O)[C@@H](C)CC[C@@H](OC(=O)C(C)N(C)C)[C@H](C)[C@H](OC(C)=O)[C@H](C)/C=C/N(C)C=O)C/C=C/[C@H](OC)C[C@H](C)C/C=C(\C)[C@@H](OC)CC[C@@H](C)[C@@H](O)[C@@H]1C. The molecule has 17 atom stereocenters. The van der Waals surface area contributed by atoms with E-state index in [4.69, 9.17) is 33.2 Å². The maximum Gasteiger partial charge on any atom is 0.331 e. The van der Waals surface area contributed by atoms with Gasteiger partial charge < -0.3 is 53.6 Å². The first-order valence-electron chi connectivity index (χ1n) is 26.9. The lowest BCUT2D eigenvalue weighted by Crippen LogP contribution is -2.44. The van der Waals surface area contributed by atoms with Gasteiger partial charge in [0.15, 0.2) is 0 Å². The molecule has 1 heterocycles. The van der Waals surface area contributed by atoms with Crippen molar-refractivity contribution in [2.24, 2.45) is 41.4 Å². The van der Waals surface area contributed by atoms with Crippen LogP contribution >= 0.6 is 0 Å². The molecule has 3 N–H and O–H groups in total. The van der Waals surface area contributed by atoms with Crippen molar-refractivity contribution in [1.29, 1.82) is 0 Å². The largest absolute Gasteiger partial charge is 0.462 e. The lowest BCUT2D eigenvalue weighted by molar-refractivity contribution is -0.166. The molecule has 0 fully saturated rings. The lowest BCUT2D eigenvalue weighted by Gasteiger charge is -2.35. The highest BCUT2D eigenvalue weighted by Crippen LogP contribution is 2.32. The Morgan fingerprint density at radius 3 is 2.19 bits per heavy atom. The summed E-state index contributed by atoms with van der Waals surface area (Å²) in [6, 6.07) is -1.28. The molecule has 0 bridgehead atoms. The quantitative estimate of drug-likeness (QED) is 0.0394. The van der Waals surface area contributed by atoms with Gasteiger partial charge in [0.25, 0.3) is 0 Å². The van der Waals surface area contributed by atoms with E-state index in [2.05, 4.69) is 25.2 Å². The number of methoxy groups -OCH3 is 3. The van der Waals surface area contributed by atoms with Crippen molar-refractivity contribution in [3.05, 3.63) is 60.4 Å². The van der Waals surface area contributed by atoms with Gasteiger partial charge in [-0.15, -0.1) is 0 Å². The van der Waals surface area contributed by atoms with Crippen molar-refractivity contribution in [1.82, 2.24) is 15.1 Å². The van der Waals surface area contributed by atoms with E-state index in [1.165, 1.54) is 25.0 Å². The summed E-state index contributed by atoms with van der Waals surface area (Å²) >= 11 is 0. The molecule has 75 heavy (non-hydrogen) atoms. The second kappa shape index (κ2) is 36.7. The molecular weight excluding hydrogens is 963 g/mol.